The van der Waals surface area contributed by atoms with Gasteiger partial charge in [0.25, 0.3) is 5.91 Å². The molecule has 1 aromatic rings. The van der Waals surface area contributed by atoms with E-state index in [-0.39, 0.29) is 11.6 Å². The Morgan fingerprint density at radius 1 is 1.28 bits per heavy atom. The van der Waals surface area contributed by atoms with E-state index in [1.807, 2.05) is 4.90 Å². The summed E-state index contributed by atoms with van der Waals surface area (Å²) < 4.78 is 0. The number of amides is 1. The first-order valence-electron chi connectivity index (χ1n) is 8.75. The molecule has 1 aliphatic rings. The highest BCUT2D eigenvalue weighted by molar-refractivity contribution is 5.93. The summed E-state index contributed by atoms with van der Waals surface area (Å²) in [6.07, 6.45) is 6.88. The molecule has 1 fully saturated rings. The van der Waals surface area contributed by atoms with Crippen LogP contribution >= 0.6 is 0 Å². The standard InChI is InChI=1S/C18H24N4O3/c1-2-3-4-5-6-7-10-17(23)20-12-14-21(15-13-20)18-16(22(24)25)9-8-11-19-18/h8-9,11H,2-6,12-15H2,1H3. The van der Waals surface area contributed by atoms with Gasteiger partial charge in [0.2, 0.25) is 5.82 Å². The average Bonchev–Trinajstić information content (AvgIpc) is 2.64. The lowest BCUT2D eigenvalue weighted by Crippen LogP contribution is -2.48. The zero-order chi connectivity index (χ0) is 18.1. The first-order chi connectivity index (χ1) is 12.1. The SMILES string of the molecule is CCCCCCC#CC(=O)N1CCN(c2ncccc2[N+](=O)[O-])CC1. The molecule has 0 saturated carbocycles. The van der Waals surface area contributed by atoms with Gasteiger partial charge in [0, 0.05) is 44.9 Å². The lowest BCUT2D eigenvalue weighted by molar-refractivity contribution is -0.384. The molecule has 0 aliphatic carbocycles. The van der Waals surface area contributed by atoms with Gasteiger partial charge in [-0.1, -0.05) is 32.1 Å². The second-order valence-electron chi connectivity index (χ2n) is 5.99. The Kier molecular flexibility index (Phi) is 7.20. The summed E-state index contributed by atoms with van der Waals surface area (Å²) in [5.41, 5.74) is -0.00542. The summed E-state index contributed by atoms with van der Waals surface area (Å²) >= 11 is 0. The molecular formula is C18H24N4O3. The predicted molar refractivity (Wildman–Crippen MR) is 96.2 cm³/mol. The maximum absolute atomic E-state index is 12.1. The molecule has 1 amide bonds. The van der Waals surface area contributed by atoms with Crippen molar-refractivity contribution in [3.63, 3.8) is 0 Å². The Labute approximate surface area is 148 Å². The van der Waals surface area contributed by atoms with Crippen LogP contribution in [0.2, 0.25) is 0 Å². The van der Waals surface area contributed by atoms with Crippen molar-refractivity contribution in [1.82, 2.24) is 9.88 Å². The third-order valence-electron chi connectivity index (χ3n) is 4.18. The summed E-state index contributed by atoms with van der Waals surface area (Å²) in [5, 5.41) is 11.1. The van der Waals surface area contributed by atoms with Crippen molar-refractivity contribution in [2.45, 2.75) is 39.0 Å². The van der Waals surface area contributed by atoms with Crippen molar-refractivity contribution < 1.29 is 9.72 Å². The van der Waals surface area contributed by atoms with E-state index in [1.54, 1.807) is 17.2 Å². The molecule has 0 unspecified atom stereocenters. The number of hydrogen-bond acceptors (Lipinski definition) is 5. The van der Waals surface area contributed by atoms with Gasteiger partial charge in [-0.05, 0) is 18.4 Å². The summed E-state index contributed by atoms with van der Waals surface area (Å²) in [5.74, 6) is 5.86. The van der Waals surface area contributed by atoms with Gasteiger partial charge in [-0.15, -0.1) is 0 Å². The molecule has 2 heterocycles. The number of carbonyl (C=O) groups is 1. The highest BCUT2D eigenvalue weighted by Gasteiger charge is 2.25. The van der Waals surface area contributed by atoms with E-state index in [9.17, 15) is 14.9 Å². The lowest BCUT2D eigenvalue weighted by Gasteiger charge is -2.34. The third kappa shape index (κ3) is 5.45. The normalized spacial score (nSPS) is 14.0. The smallest absolute Gasteiger partial charge is 0.311 e. The zero-order valence-corrected chi connectivity index (χ0v) is 14.6. The molecule has 0 N–H and O–H groups in total. The Balaban J connectivity index is 1.85. The van der Waals surface area contributed by atoms with Crippen LogP contribution < -0.4 is 4.90 Å². The second kappa shape index (κ2) is 9.62. The minimum atomic E-state index is -0.427. The van der Waals surface area contributed by atoms with E-state index in [4.69, 9.17) is 0 Å². The summed E-state index contributed by atoms with van der Waals surface area (Å²) in [4.78, 5) is 30.5. The Morgan fingerprint density at radius 3 is 2.72 bits per heavy atom. The number of nitro groups is 1. The van der Waals surface area contributed by atoms with Crippen LogP contribution in [0.3, 0.4) is 0 Å². The fraction of sp³-hybridized carbons (Fsp3) is 0.556. The van der Waals surface area contributed by atoms with Gasteiger partial charge in [0.15, 0.2) is 0 Å². The number of nitrogens with zero attached hydrogens (tertiary/aromatic N) is 4. The van der Waals surface area contributed by atoms with Gasteiger partial charge >= 0.3 is 5.69 Å². The molecule has 1 saturated heterocycles. The van der Waals surface area contributed by atoms with E-state index in [0.29, 0.717) is 32.0 Å². The molecule has 1 aromatic heterocycles. The van der Waals surface area contributed by atoms with Gasteiger partial charge < -0.3 is 9.80 Å². The van der Waals surface area contributed by atoms with Crippen molar-refractivity contribution in [2.75, 3.05) is 31.1 Å². The van der Waals surface area contributed by atoms with Gasteiger partial charge in [-0.2, -0.15) is 0 Å². The van der Waals surface area contributed by atoms with E-state index < -0.39 is 4.92 Å². The summed E-state index contributed by atoms with van der Waals surface area (Å²) in [6.45, 7) is 4.19. The molecule has 134 valence electrons. The van der Waals surface area contributed by atoms with Crippen LogP contribution in [-0.4, -0.2) is 46.9 Å². The van der Waals surface area contributed by atoms with Crippen LogP contribution in [0.1, 0.15) is 39.0 Å². The van der Waals surface area contributed by atoms with Crippen molar-refractivity contribution in [3.8, 4) is 11.8 Å². The fourth-order valence-corrected chi connectivity index (χ4v) is 2.75. The number of aromatic nitrogens is 1. The second-order valence-corrected chi connectivity index (χ2v) is 5.99. The molecular weight excluding hydrogens is 320 g/mol. The van der Waals surface area contributed by atoms with E-state index in [0.717, 1.165) is 19.3 Å². The molecule has 7 heteroatoms. The molecule has 0 radical (unpaired) electrons. The van der Waals surface area contributed by atoms with Gasteiger partial charge in [-0.3, -0.25) is 14.9 Å². The quantitative estimate of drug-likeness (QED) is 0.343. The molecule has 0 aromatic carbocycles. The van der Waals surface area contributed by atoms with E-state index in [1.165, 1.54) is 18.9 Å². The Bertz CT molecular complexity index is 658. The highest BCUT2D eigenvalue weighted by atomic mass is 16.6. The number of carbonyl (C=O) groups excluding carboxylic acids is 1. The highest BCUT2D eigenvalue weighted by Crippen LogP contribution is 2.25. The maximum Gasteiger partial charge on any atom is 0.311 e. The molecule has 2 rings (SSSR count). The topological polar surface area (TPSA) is 79.6 Å². The monoisotopic (exact) mass is 344 g/mol. The number of rotatable bonds is 6. The van der Waals surface area contributed by atoms with Gasteiger partial charge in [0.1, 0.15) is 0 Å². The number of hydrogen-bond donors (Lipinski definition) is 0. The molecule has 7 nitrogen and oxygen atoms in total. The fourth-order valence-electron chi connectivity index (χ4n) is 2.75. The van der Waals surface area contributed by atoms with Crippen molar-refractivity contribution in [1.29, 1.82) is 0 Å². The van der Waals surface area contributed by atoms with E-state index in [2.05, 4.69) is 23.7 Å². The molecule has 0 atom stereocenters. The molecule has 25 heavy (non-hydrogen) atoms. The van der Waals surface area contributed by atoms with Crippen LogP contribution in [0.4, 0.5) is 11.5 Å². The number of piperazine rings is 1. The predicted octanol–water partition coefficient (Wildman–Crippen LogP) is 2.61. The maximum atomic E-state index is 12.1. The molecule has 0 spiro atoms. The largest absolute Gasteiger partial charge is 0.347 e. The van der Waals surface area contributed by atoms with Crippen LogP contribution in [0, 0.1) is 22.0 Å². The summed E-state index contributed by atoms with van der Waals surface area (Å²) in [7, 11) is 0. The van der Waals surface area contributed by atoms with Crippen molar-refractivity contribution in [3.05, 3.63) is 28.4 Å². The Hall–Kier alpha value is -2.62. The minimum absolute atomic E-state index is 0.00542. The van der Waals surface area contributed by atoms with Crippen LogP contribution in [0.15, 0.2) is 18.3 Å². The van der Waals surface area contributed by atoms with Crippen LogP contribution in [0.25, 0.3) is 0 Å². The summed E-state index contributed by atoms with van der Waals surface area (Å²) in [6, 6.07) is 3.00. The first-order valence-corrected chi connectivity index (χ1v) is 8.75. The van der Waals surface area contributed by atoms with Crippen molar-refractivity contribution in [2.24, 2.45) is 0 Å². The average molecular weight is 344 g/mol. The minimum Gasteiger partial charge on any atom is -0.347 e. The van der Waals surface area contributed by atoms with Crippen LogP contribution in [-0.2, 0) is 4.79 Å². The zero-order valence-electron chi connectivity index (χ0n) is 14.6. The molecule has 0 bridgehead atoms. The molecule has 1 aliphatic heterocycles. The first kappa shape index (κ1) is 18.7. The van der Waals surface area contributed by atoms with Crippen LogP contribution in [0.5, 0.6) is 0 Å². The van der Waals surface area contributed by atoms with Gasteiger partial charge in [-0.25, -0.2) is 4.98 Å². The number of unbranched alkanes of at least 4 members (excludes halogenated alkanes) is 4. The number of pyridine rings is 1. The lowest BCUT2D eigenvalue weighted by atomic mass is 10.1. The van der Waals surface area contributed by atoms with Crippen molar-refractivity contribution >= 4 is 17.4 Å². The number of anilines is 1. The van der Waals surface area contributed by atoms with E-state index >= 15 is 0 Å². The third-order valence-corrected chi connectivity index (χ3v) is 4.18. The Morgan fingerprint density at radius 2 is 2.04 bits per heavy atom. The van der Waals surface area contributed by atoms with Gasteiger partial charge in [0.05, 0.1) is 4.92 Å².